The van der Waals surface area contributed by atoms with Crippen molar-refractivity contribution in [1.82, 2.24) is 14.7 Å². The Kier molecular flexibility index (Phi) is 5.92. The Hall–Kier alpha value is -2.31. The van der Waals surface area contributed by atoms with Gasteiger partial charge in [0, 0.05) is 37.3 Å². The molecule has 0 spiro atoms. The normalized spacial score (nSPS) is 23.5. The molecule has 2 aliphatic heterocycles. The van der Waals surface area contributed by atoms with Crippen LogP contribution in [-0.2, 0) is 11.3 Å². The number of benzene rings is 2. The summed E-state index contributed by atoms with van der Waals surface area (Å²) in [4.78, 5) is 19.4. The molecule has 2 aromatic carbocycles. The SMILES string of the molecule is CN1CCN(C(=O)C2CCCN2Cc2ccccc2F)CC1c1ccccc1F. The van der Waals surface area contributed by atoms with E-state index in [9.17, 15) is 13.6 Å². The fourth-order valence-electron chi connectivity index (χ4n) is 4.51. The van der Waals surface area contributed by atoms with Crippen molar-refractivity contribution in [3.63, 3.8) is 0 Å². The van der Waals surface area contributed by atoms with Gasteiger partial charge in [-0.25, -0.2) is 8.78 Å². The number of carbonyl (C=O) groups excluding carboxylic acids is 1. The van der Waals surface area contributed by atoms with Gasteiger partial charge >= 0.3 is 0 Å². The summed E-state index contributed by atoms with van der Waals surface area (Å²) in [6.07, 6.45) is 1.71. The van der Waals surface area contributed by atoms with Crippen LogP contribution in [0.25, 0.3) is 0 Å². The average Bonchev–Trinajstić information content (AvgIpc) is 3.18. The third-order valence-electron chi connectivity index (χ3n) is 6.20. The number of hydrogen-bond donors (Lipinski definition) is 0. The highest BCUT2D eigenvalue weighted by Crippen LogP contribution is 2.29. The van der Waals surface area contributed by atoms with E-state index in [1.165, 1.54) is 12.1 Å². The van der Waals surface area contributed by atoms with E-state index in [1.807, 2.05) is 24.1 Å². The van der Waals surface area contributed by atoms with Gasteiger partial charge in [-0.3, -0.25) is 14.6 Å². The van der Waals surface area contributed by atoms with Gasteiger partial charge in [0.25, 0.3) is 0 Å². The maximum atomic E-state index is 14.3. The largest absolute Gasteiger partial charge is 0.338 e. The molecular weight excluding hydrogens is 372 g/mol. The molecule has 2 unspecified atom stereocenters. The standard InChI is InChI=1S/C23H27F2N3O/c1-26-13-14-28(16-22(26)18-8-3-5-10-20(18)25)23(29)21-11-6-12-27(21)15-17-7-2-4-9-19(17)24/h2-5,7-10,21-22H,6,11-16H2,1H3. The zero-order valence-electron chi connectivity index (χ0n) is 16.7. The summed E-state index contributed by atoms with van der Waals surface area (Å²) in [7, 11) is 1.97. The minimum atomic E-state index is -0.237. The first-order valence-corrected chi connectivity index (χ1v) is 10.3. The van der Waals surface area contributed by atoms with Crippen LogP contribution in [0.2, 0.25) is 0 Å². The van der Waals surface area contributed by atoms with Crippen molar-refractivity contribution in [1.29, 1.82) is 0 Å². The number of nitrogens with zero attached hydrogens (tertiary/aromatic N) is 3. The van der Waals surface area contributed by atoms with Gasteiger partial charge in [-0.1, -0.05) is 36.4 Å². The number of carbonyl (C=O) groups is 1. The van der Waals surface area contributed by atoms with Crippen LogP contribution in [0.15, 0.2) is 48.5 Å². The fourth-order valence-corrected chi connectivity index (χ4v) is 4.51. The molecule has 0 N–H and O–H groups in total. The van der Waals surface area contributed by atoms with Crippen LogP contribution in [-0.4, -0.2) is 59.9 Å². The van der Waals surface area contributed by atoms with Crippen LogP contribution in [0, 0.1) is 11.6 Å². The molecule has 2 heterocycles. The Morgan fingerprint density at radius 1 is 1.00 bits per heavy atom. The number of halogens is 2. The number of piperazine rings is 1. The average molecular weight is 399 g/mol. The monoisotopic (exact) mass is 399 g/mol. The van der Waals surface area contributed by atoms with Crippen LogP contribution in [0.5, 0.6) is 0 Å². The number of amides is 1. The summed E-state index contributed by atoms with van der Waals surface area (Å²) >= 11 is 0. The van der Waals surface area contributed by atoms with Crippen LogP contribution >= 0.6 is 0 Å². The number of likely N-dealkylation sites (N-methyl/N-ethyl adjacent to an activating group) is 1. The van der Waals surface area contributed by atoms with E-state index in [-0.39, 0.29) is 29.6 Å². The molecule has 2 aromatic rings. The second kappa shape index (κ2) is 8.59. The predicted octanol–water partition coefficient (Wildman–Crippen LogP) is 3.44. The van der Waals surface area contributed by atoms with E-state index in [2.05, 4.69) is 9.80 Å². The molecule has 4 nitrogen and oxygen atoms in total. The second-order valence-corrected chi connectivity index (χ2v) is 8.02. The van der Waals surface area contributed by atoms with Crippen molar-refractivity contribution >= 4 is 5.91 Å². The molecule has 0 radical (unpaired) electrons. The fraction of sp³-hybridized carbons (Fsp3) is 0.435. The van der Waals surface area contributed by atoms with E-state index >= 15 is 0 Å². The minimum absolute atomic E-state index is 0.0771. The molecule has 2 fully saturated rings. The summed E-state index contributed by atoms with van der Waals surface area (Å²) in [5.74, 6) is -0.390. The lowest BCUT2D eigenvalue weighted by atomic mass is 10.0. The number of rotatable bonds is 4. The lowest BCUT2D eigenvalue weighted by Gasteiger charge is -2.41. The van der Waals surface area contributed by atoms with Gasteiger partial charge < -0.3 is 4.90 Å². The van der Waals surface area contributed by atoms with Gasteiger partial charge in [-0.15, -0.1) is 0 Å². The molecule has 0 saturated carbocycles. The summed E-state index contributed by atoms with van der Waals surface area (Å²) in [5, 5.41) is 0. The summed E-state index contributed by atoms with van der Waals surface area (Å²) in [5.41, 5.74) is 1.25. The van der Waals surface area contributed by atoms with Crippen LogP contribution in [0.1, 0.15) is 30.0 Å². The van der Waals surface area contributed by atoms with Gasteiger partial charge in [0.05, 0.1) is 12.1 Å². The molecule has 2 aliphatic rings. The smallest absolute Gasteiger partial charge is 0.240 e. The zero-order valence-corrected chi connectivity index (χ0v) is 16.7. The number of hydrogen-bond acceptors (Lipinski definition) is 3. The van der Waals surface area contributed by atoms with Gasteiger partial charge in [0.1, 0.15) is 11.6 Å². The molecule has 2 saturated heterocycles. The lowest BCUT2D eigenvalue weighted by Crippen LogP contribution is -2.53. The van der Waals surface area contributed by atoms with Gasteiger partial charge in [0.2, 0.25) is 5.91 Å². The predicted molar refractivity (Wildman–Crippen MR) is 108 cm³/mol. The Bertz CT molecular complexity index is 875. The molecule has 0 aromatic heterocycles. The minimum Gasteiger partial charge on any atom is -0.338 e. The van der Waals surface area contributed by atoms with Gasteiger partial charge in [0.15, 0.2) is 0 Å². The topological polar surface area (TPSA) is 26.8 Å². The Labute approximate surface area is 170 Å². The zero-order chi connectivity index (χ0) is 20.4. The van der Waals surface area contributed by atoms with E-state index in [0.29, 0.717) is 37.3 Å². The quantitative estimate of drug-likeness (QED) is 0.788. The van der Waals surface area contributed by atoms with Crippen LogP contribution in [0.3, 0.4) is 0 Å². The Morgan fingerprint density at radius 3 is 2.48 bits per heavy atom. The molecule has 154 valence electrons. The molecule has 2 atom stereocenters. The molecule has 0 bridgehead atoms. The lowest BCUT2D eigenvalue weighted by molar-refractivity contribution is -0.139. The number of likely N-dealkylation sites (tertiary alicyclic amines) is 1. The molecule has 29 heavy (non-hydrogen) atoms. The second-order valence-electron chi connectivity index (χ2n) is 8.02. The van der Waals surface area contributed by atoms with E-state index in [0.717, 1.165) is 19.4 Å². The van der Waals surface area contributed by atoms with Crippen molar-refractivity contribution in [3.8, 4) is 0 Å². The first-order valence-electron chi connectivity index (χ1n) is 10.3. The van der Waals surface area contributed by atoms with Crippen LogP contribution in [0.4, 0.5) is 8.78 Å². The first kappa shape index (κ1) is 20.0. The molecule has 4 rings (SSSR count). The van der Waals surface area contributed by atoms with Crippen molar-refractivity contribution in [2.75, 3.05) is 33.2 Å². The maximum Gasteiger partial charge on any atom is 0.240 e. The summed E-state index contributed by atoms with van der Waals surface area (Å²) < 4.78 is 28.4. The highest BCUT2D eigenvalue weighted by molar-refractivity contribution is 5.82. The first-order chi connectivity index (χ1) is 14.0. The van der Waals surface area contributed by atoms with E-state index < -0.39 is 0 Å². The molecule has 1 amide bonds. The summed E-state index contributed by atoms with van der Waals surface area (Å²) in [6.45, 7) is 3.03. The molecular formula is C23H27F2N3O. The third kappa shape index (κ3) is 4.19. The van der Waals surface area contributed by atoms with E-state index in [1.54, 1.807) is 24.3 Å². The van der Waals surface area contributed by atoms with Crippen molar-refractivity contribution in [3.05, 3.63) is 71.3 Å². The third-order valence-corrected chi connectivity index (χ3v) is 6.20. The van der Waals surface area contributed by atoms with Crippen molar-refractivity contribution < 1.29 is 13.6 Å². The summed E-state index contributed by atoms with van der Waals surface area (Å²) in [6, 6.07) is 13.1. The maximum absolute atomic E-state index is 14.3. The highest BCUT2D eigenvalue weighted by Gasteiger charge is 2.37. The van der Waals surface area contributed by atoms with E-state index in [4.69, 9.17) is 0 Å². The van der Waals surface area contributed by atoms with Crippen LogP contribution < -0.4 is 0 Å². The van der Waals surface area contributed by atoms with Gasteiger partial charge in [-0.05, 0) is 38.6 Å². The molecule has 0 aliphatic carbocycles. The highest BCUT2D eigenvalue weighted by atomic mass is 19.1. The van der Waals surface area contributed by atoms with Gasteiger partial charge in [-0.2, -0.15) is 0 Å². The van der Waals surface area contributed by atoms with Crippen molar-refractivity contribution in [2.24, 2.45) is 0 Å². The Morgan fingerprint density at radius 2 is 1.72 bits per heavy atom. The molecule has 6 heteroatoms. The Balaban J connectivity index is 1.48. The van der Waals surface area contributed by atoms with Crippen molar-refractivity contribution in [2.45, 2.75) is 31.5 Å².